The van der Waals surface area contributed by atoms with E-state index in [2.05, 4.69) is 10.5 Å². The van der Waals surface area contributed by atoms with Crippen molar-refractivity contribution >= 4 is 11.4 Å². The van der Waals surface area contributed by atoms with Crippen molar-refractivity contribution in [2.24, 2.45) is 0 Å². The van der Waals surface area contributed by atoms with Crippen LogP contribution in [0.25, 0.3) is 0 Å². The van der Waals surface area contributed by atoms with Gasteiger partial charge in [-0.05, 0) is 0 Å². The molecule has 1 aromatic heterocycles. The van der Waals surface area contributed by atoms with Crippen LogP contribution in [-0.4, -0.2) is 12.3 Å². The Morgan fingerprint density at radius 1 is 1.53 bits per heavy atom. The minimum atomic E-state index is -0.489. The molecule has 1 heterocycles. The second-order valence-electron chi connectivity index (χ2n) is 3.42. The Bertz CT molecular complexity index is 500. The Hall–Kier alpha value is -2.24. The Balaban J connectivity index is 2.15. The summed E-state index contributed by atoms with van der Waals surface area (Å²) in [6.07, 6.45) is 1.48. The van der Waals surface area contributed by atoms with Gasteiger partial charge >= 0.3 is 0 Å². The summed E-state index contributed by atoms with van der Waals surface area (Å²) in [6, 6.07) is 4.44. The summed E-state index contributed by atoms with van der Waals surface area (Å²) in [5.41, 5.74) is 7.31. The van der Waals surface area contributed by atoms with Gasteiger partial charge in [0.2, 0.25) is 0 Å². The number of ether oxygens (including phenoxy) is 1. The number of nitrogens with one attached hydrogen (secondary N) is 1. The first-order valence-corrected chi connectivity index (χ1v) is 4.97. The number of nitrogen functional groups attached to an aromatic ring is 1. The van der Waals surface area contributed by atoms with Crippen LogP contribution in [0.3, 0.4) is 0 Å². The van der Waals surface area contributed by atoms with Crippen LogP contribution < -0.4 is 15.8 Å². The van der Waals surface area contributed by atoms with Crippen LogP contribution in [0, 0.1) is 5.82 Å². The molecule has 90 valence electrons. The zero-order valence-corrected chi connectivity index (χ0v) is 9.24. The minimum absolute atomic E-state index is 0.141. The third-order valence-electron chi connectivity index (χ3n) is 2.28. The summed E-state index contributed by atoms with van der Waals surface area (Å²) in [5.74, 6) is -0.348. The predicted octanol–water partition coefficient (Wildman–Crippen LogP) is 2.02. The monoisotopic (exact) mass is 237 g/mol. The number of hydrogen-bond donors (Lipinski definition) is 2. The molecular formula is C11H12FN3O2. The highest BCUT2D eigenvalue weighted by Crippen LogP contribution is 2.28. The van der Waals surface area contributed by atoms with E-state index < -0.39 is 5.82 Å². The Morgan fingerprint density at radius 2 is 2.35 bits per heavy atom. The van der Waals surface area contributed by atoms with Crippen molar-refractivity contribution in [1.29, 1.82) is 0 Å². The van der Waals surface area contributed by atoms with E-state index in [0.717, 1.165) is 5.69 Å². The summed E-state index contributed by atoms with van der Waals surface area (Å²) >= 11 is 0. The number of methoxy groups -OCH3 is 1. The number of nitrogens with two attached hydrogens (primary N) is 1. The first-order valence-electron chi connectivity index (χ1n) is 4.97. The summed E-state index contributed by atoms with van der Waals surface area (Å²) in [7, 11) is 1.40. The Labute approximate surface area is 97.4 Å². The van der Waals surface area contributed by atoms with Gasteiger partial charge in [0.05, 0.1) is 25.0 Å². The number of halogens is 1. The van der Waals surface area contributed by atoms with Crippen molar-refractivity contribution in [1.82, 2.24) is 5.16 Å². The van der Waals surface area contributed by atoms with Crippen LogP contribution in [0.15, 0.2) is 29.0 Å². The highest BCUT2D eigenvalue weighted by atomic mass is 19.1. The van der Waals surface area contributed by atoms with Gasteiger partial charge in [0, 0.05) is 18.2 Å². The van der Waals surface area contributed by atoms with E-state index in [0.29, 0.717) is 17.9 Å². The van der Waals surface area contributed by atoms with Gasteiger partial charge in [-0.3, -0.25) is 0 Å². The minimum Gasteiger partial charge on any atom is -0.494 e. The van der Waals surface area contributed by atoms with E-state index in [1.165, 1.54) is 25.5 Å². The summed E-state index contributed by atoms with van der Waals surface area (Å²) in [4.78, 5) is 0. The van der Waals surface area contributed by atoms with Gasteiger partial charge in [0.25, 0.3) is 0 Å². The molecule has 0 aliphatic heterocycles. The maximum Gasteiger partial charge on any atom is 0.167 e. The molecule has 0 aliphatic carbocycles. The van der Waals surface area contributed by atoms with Gasteiger partial charge < -0.3 is 20.3 Å². The maximum absolute atomic E-state index is 13.3. The fourth-order valence-corrected chi connectivity index (χ4v) is 1.39. The van der Waals surface area contributed by atoms with E-state index in [9.17, 15) is 4.39 Å². The van der Waals surface area contributed by atoms with Crippen LogP contribution in [0.5, 0.6) is 5.75 Å². The normalized spacial score (nSPS) is 10.2. The zero-order chi connectivity index (χ0) is 12.3. The fourth-order valence-electron chi connectivity index (χ4n) is 1.39. The van der Waals surface area contributed by atoms with E-state index in [1.54, 1.807) is 6.07 Å². The van der Waals surface area contributed by atoms with Crippen LogP contribution in [-0.2, 0) is 6.54 Å². The molecular weight excluding hydrogens is 225 g/mol. The number of hydrogen-bond acceptors (Lipinski definition) is 5. The average molecular weight is 237 g/mol. The second-order valence-corrected chi connectivity index (χ2v) is 3.42. The molecule has 0 amide bonds. The van der Waals surface area contributed by atoms with Crippen molar-refractivity contribution in [3.8, 4) is 5.75 Å². The van der Waals surface area contributed by atoms with Crippen LogP contribution in [0.4, 0.5) is 15.8 Å². The van der Waals surface area contributed by atoms with Crippen molar-refractivity contribution in [3.63, 3.8) is 0 Å². The molecule has 0 saturated carbocycles. The molecule has 0 radical (unpaired) electrons. The molecule has 2 aromatic rings. The number of nitrogens with zero attached hydrogens (tertiary/aromatic N) is 1. The van der Waals surface area contributed by atoms with Crippen molar-refractivity contribution in [2.45, 2.75) is 6.54 Å². The standard InChI is InChI=1S/C11H12FN3O2/c1-16-11-5-10(9(13)4-8(11)12)14-6-7-2-3-17-15-7/h2-5,14H,6,13H2,1H3. The second kappa shape index (κ2) is 4.73. The van der Waals surface area contributed by atoms with Gasteiger partial charge in [0.15, 0.2) is 11.6 Å². The molecule has 0 fully saturated rings. The molecule has 0 bridgehead atoms. The largest absolute Gasteiger partial charge is 0.494 e. The Morgan fingerprint density at radius 3 is 3.00 bits per heavy atom. The lowest BCUT2D eigenvalue weighted by atomic mass is 10.2. The lowest BCUT2D eigenvalue weighted by molar-refractivity contribution is 0.387. The summed E-state index contributed by atoms with van der Waals surface area (Å²) in [5, 5.41) is 6.76. The molecule has 2 rings (SSSR count). The van der Waals surface area contributed by atoms with E-state index in [1.807, 2.05) is 0 Å². The van der Waals surface area contributed by atoms with Gasteiger partial charge in [-0.25, -0.2) is 4.39 Å². The van der Waals surface area contributed by atoms with E-state index in [4.69, 9.17) is 15.0 Å². The fraction of sp³-hybridized carbons (Fsp3) is 0.182. The van der Waals surface area contributed by atoms with Crippen LogP contribution in [0.2, 0.25) is 0 Å². The molecule has 5 nitrogen and oxygen atoms in total. The van der Waals surface area contributed by atoms with Gasteiger partial charge in [-0.1, -0.05) is 5.16 Å². The van der Waals surface area contributed by atoms with Gasteiger partial charge in [-0.2, -0.15) is 0 Å². The average Bonchev–Trinajstić information content (AvgIpc) is 2.81. The molecule has 3 N–H and O–H groups in total. The third kappa shape index (κ3) is 2.47. The summed E-state index contributed by atoms with van der Waals surface area (Å²) < 4.78 is 22.8. The summed E-state index contributed by atoms with van der Waals surface area (Å²) in [6.45, 7) is 0.440. The molecule has 1 aromatic carbocycles. The first kappa shape index (κ1) is 11.3. The van der Waals surface area contributed by atoms with Crippen molar-refractivity contribution in [2.75, 3.05) is 18.2 Å². The van der Waals surface area contributed by atoms with Crippen molar-refractivity contribution in [3.05, 3.63) is 36.0 Å². The van der Waals surface area contributed by atoms with Crippen molar-refractivity contribution < 1.29 is 13.7 Å². The molecule has 0 aliphatic rings. The number of anilines is 2. The molecule has 0 saturated heterocycles. The highest BCUT2D eigenvalue weighted by Gasteiger charge is 2.08. The number of rotatable bonds is 4. The highest BCUT2D eigenvalue weighted by molar-refractivity contribution is 5.68. The number of benzene rings is 1. The molecule has 17 heavy (non-hydrogen) atoms. The number of aromatic nitrogens is 1. The molecule has 0 atom stereocenters. The quantitative estimate of drug-likeness (QED) is 0.796. The third-order valence-corrected chi connectivity index (χ3v) is 2.28. The molecule has 0 spiro atoms. The lowest BCUT2D eigenvalue weighted by Gasteiger charge is -2.10. The Kier molecular flexibility index (Phi) is 3.13. The van der Waals surface area contributed by atoms with Gasteiger partial charge in [0.1, 0.15) is 12.0 Å². The molecule has 0 unspecified atom stereocenters. The lowest BCUT2D eigenvalue weighted by Crippen LogP contribution is -2.04. The smallest absolute Gasteiger partial charge is 0.167 e. The van der Waals surface area contributed by atoms with E-state index >= 15 is 0 Å². The first-order chi connectivity index (χ1) is 8.20. The topological polar surface area (TPSA) is 73.3 Å². The van der Waals surface area contributed by atoms with Crippen LogP contribution in [0.1, 0.15) is 5.69 Å². The maximum atomic E-state index is 13.3. The van der Waals surface area contributed by atoms with Gasteiger partial charge in [-0.15, -0.1) is 0 Å². The SMILES string of the molecule is COc1cc(NCc2ccon2)c(N)cc1F. The van der Waals surface area contributed by atoms with Crippen LogP contribution >= 0.6 is 0 Å². The zero-order valence-electron chi connectivity index (χ0n) is 9.24. The predicted molar refractivity (Wildman–Crippen MR) is 61.2 cm³/mol. The van der Waals surface area contributed by atoms with E-state index in [-0.39, 0.29) is 5.75 Å². The molecule has 6 heteroatoms.